The van der Waals surface area contributed by atoms with Crippen molar-refractivity contribution in [2.24, 2.45) is 0 Å². The van der Waals surface area contributed by atoms with Crippen LogP contribution in [0.25, 0.3) is 0 Å². The van der Waals surface area contributed by atoms with Gasteiger partial charge >= 0.3 is 75.5 Å². The van der Waals surface area contributed by atoms with Crippen LogP contribution in [0.5, 0.6) is 0 Å². The Kier molecular flexibility index (Phi) is 17.0. The molecule has 0 fully saturated rings. The molecule has 0 aromatic heterocycles. The summed E-state index contributed by atoms with van der Waals surface area (Å²) in [6.07, 6.45) is -1.73. The van der Waals surface area contributed by atoms with Crippen molar-refractivity contribution >= 4 is 99.4 Å². The van der Waals surface area contributed by atoms with Crippen LogP contribution in [0.15, 0.2) is 0 Å². The molecule has 0 radical (unpaired) electrons. The quantitative estimate of drug-likeness (QED) is 0.332. The number of nitrogens with one attached hydrogen (secondary N) is 2. The third-order valence-corrected chi connectivity index (χ3v) is 2.31. The van der Waals surface area contributed by atoms with Crippen LogP contribution in [0.1, 0.15) is 12.8 Å². The van der Waals surface area contributed by atoms with Crippen LogP contribution in [-0.4, -0.2) is 125 Å². The minimum absolute atomic E-state index is 0. The Morgan fingerprint density at radius 1 is 0.727 bits per heavy atom. The molecule has 0 unspecified atom stereocenters. The largest absolute Gasteiger partial charge is 2.00 e. The fourth-order valence-electron chi connectivity index (χ4n) is 1.59. The topological polar surface area (TPSA) is 185 Å². The van der Waals surface area contributed by atoms with E-state index in [0.717, 1.165) is 0 Å². The maximum atomic E-state index is 10.7. The van der Waals surface area contributed by atoms with Crippen LogP contribution in [0, 0.1) is 0 Å². The summed E-state index contributed by atoms with van der Waals surface area (Å²) in [5, 5.41) is 46.4. The molecule has 0 atom stereocenters. The van der Waals surface area contributed by atoms with Gasteiger partial charge in [0.05, 0.1) is 11.9 Å². The Morgan fingerprint density at radius 2 is 1.14 bits per heavy atom. The van der Waals surface area contributed by atoms with Crippen LogP contribution in [0.3, 0.4) is 0 Å². The van der Waals surface area contributed by atoms with Gasteiger partial charge in [-0.2, -0.15) is 0 Å². The second-order valence-electron chi connectivity index (χ2n) is 4.08. The van der Waals surface area contributed by atoms with Gasteiger partial charge in [-0.05, 0) is 0 Å². The summed E-state index contributed by atoms with van der Waals surface area (Å²) in [6.45, 7) is -1.96. The Morgan fingerprint density at radius 3 is 1.45 bits per heavy atom. The molecule has 0 saturated heterocycles. The standard InChI is InChI=1S/C10H16N2O8.2Ca/c13-6(14)1-10(2-7(15)16,12-4-9(19)20)5-11-3-8(17)18;;/h11-12H,1-5H2,(H,13,14)(H,15,16)(H,17,18)(H,19,20);;/q;2*+2/p-4. The van der Waals surface area contributed by atoms with E-state index in [9.17, 15) is 39.6 Å². The molecule has 0 rings (SSSR count). The maximum Gasteiger partial charge on any atom is 2.00 e. The van der Waals surface area contributed by atoms with Gasteiger partial charge in [0.15, 0.2) is 0 Å². The zero-order chi connectivity index (χ0) is 15.8. The summed E-state index contributed by atoms with van der Waals surface area (Å²) in [5.74, 6) is -6.38. The van der Waals surface area contributed by atoms with E-state index in [1.165, 1.54) is 0 Å². The molecule has 0 saturated carbocycles. The molecule has 12 heteroatoms. The van der Waals surface area contributed by atoms with Crippen molar-refractivity contribution in [3.63, 3.8) is 0 Å². The third-order valence-electron chi connectivity index (χ3n) is 2.31. The van der Waals surface area contributed by atoms with Crippen LogP contribution < -0.4 is 31.1 Å². The fourth-order valence-corrected chi connectivity index (χ4v) is 1.59. The van der Waals surface area contributed by atoms with Crippen molar-refractivity contribution in [2.45, 2.75) is 18.4 Å². The summed E-state index contributed by atoms with van der Waals surface area (Å²) < 4.78 is 0. The SMILES string of the molecule is O=C([O-])CNCC(CC(=O)[O-])(CC(=O)[O-])NCC(=O)[O-].[Ca+2].[Ca+2]. The van der Waals surface area contributed by atoms with Gasteiger partial charge in [0.1, 0.15) is 0 Å². The smallest absolute Gasteiger partial charge is 0.550 e. The molecule has 114 valence electrons. The fraction of sp³-hybridized carbons (Fsp3) is 0.600. The minimum Gasteiger partial charge on any atom is -0.550 e. The monoisotopic (exact) mass is 368 g/mol. The number of carbonyl (C=O) groups excluding carboxylic acids is 4. The van der Waals surface area contributed by atoms with E-state index in [0.29, 0.717) is 0 Å². The molecule has 0 amide bonds. The summed E-state index contributed by atoms with van der Waals surface area (Å²) in [5.41, 5.74) is -1.78. The van der Waals surface area contributed by atoms with Gasteiger partial charge in [-0.1, -0.05) is 0 Å². The van der Waals surface area contributed by atoms with Gasteiger partial charge < -0.3 is 50.2 Å². The van der Waals surface area contributed by atoms with Crippen LogP contribution in [0.2, 0.25) is 0 Å². The van der Waals surface area contributed by atoms with Crippen molar-refractivity contribution in [1.29, 1.82) is 0 Å². The van der Waals surface area contributed by atoms with Crippen molar-refractivity contribution in [3.05, 3.63) is 0 Å². The second-order valence-corrected chi connectivity index (χ2v) is 4.08. The molecular weight excluding hydrogens is 356 g/mol. The Hall–Kier alpha value is 0.319. The number of carbonyl (C=O) groups is 4. The molecule has 0 aliphatic rings. The molecule has 0 aliphatic carbocycles. The van der Waals surface area contributed by atoms with Crippen molar-refractivity contribution in [1.82, 2.24) is 10.6 Å². The van der Waals surface area contributed by atoms with Crippen molar-refractivity contribution in [2.75, 3.05) is 19.6 Å². The molecule has 0 spiro atoms. The van der Waals surface area contributed by atoms with Gasteiger partial charge in [-0.3, -0.25) is 0 Å². The number of rotatable bonds is 11. The average Bonchev–Trinajstić information content (AvgIpc) is 2.24. The Bertz CT molecular complexity index is 388. The summed E-state index contributed by atoms with van der Waals surface area (Å²) in [7, 11) is 0. The molecule has 0 heterocycles. The number of hydrogen-bond donors (Lipinski definition) is 2. The number of carboxylic acid groups (broad SMARTS) is 4. The zero-order valence-electron chi connectivity index (χ0n) is 11.7. The molecule has 2 N–H and O–H groups in total. The first-order valence-corrected chi connectivity index (χ1v) is 5.42. The van der Waals surface area contributed by atoms with E-state index in [-0.39, 0.29) is 75.5 Å². The number of carboxylic acids is 4. The van der Waals surface area contributed by atoms with Gasteiger partial charge in [-0.25, -0.2) is 0 Å². The molecule has 22 heavy (non-hydrogen) atoms. The molecule has 0 aromatic rings. The number of aliphatic carboxylic acids is 4. The van der Waals surface area contributed by atoms with E-state index in [2.05, 4.69) is 10.6 Å². The first kappa shape index (κ1) is 27.2. The van der Waals surface area contributed by atoms with E-state index in [1.807, 2.05) is 0 Å². The summed E-state index contributed by atoms with van der Waals surface area (Å²) in [4.78, 5) is 41.9. The molecule has 0 bridgehead atoms. The van der Waals surface area contributed by atoms with E-state index >= 15 is 0 Å². The molecule has 0 aromatic carbocycles. The Labute approximate surface area is 185 Å². The minimum atomic E-state index is -1.78. The predicted octanol–water partition coefficient (Wildman–Crippen LogP) is -8.08. The first-order valence-electron chi connectivity index (χ1n) is 5.42. The third kappa shape index (κ3) is 13.9. The number of hydrogen-bond acceptors (Lipinski definition) is 10. The van der Waals surface area contributed by atoms with Gasteiger partial charge in [0.2, 0.25) is 0 Å². The summed E-state index contributed by atoms with van der Waals surface area (Å²) >= 11 is 0. The van der Waals surface area contributed by atoms with Crippen LogP contribution >= 0.6 is 0 Å². The molecular formula is C10H12Ca2N2O8. The Balaban J connectivity index is -0.00000180. The average molecular weight is 368 g/mol. The van der Waals surface area contributed by atoms with Crippen LogP contribution in [0.4, 0.5) is 0 Å². The van der Waals surface area contributed by atoms with Gasteiger partial charge in [-0.15, -0.1) is 0 Å². The summed E-state index contributed by atoms with van der Waals surface area (Å²) in [6, 6.07) is 0. The van der Waals surface area contributed by atoms with Crippen molar-refractivity contribution in [3.8, 4) is 0 Å². The normalized spacial score (nSPS) is 10.0. The van der Waals surface area contributed by atoms with Crippen molar-refractivity contribution < 1.29 is 39.6 Å². The molecule has 10 nitrogen and oxygen atoms in total. The van der Waals surface area contributed by atoms with Gasteiger partial charge in [0.25, 0.3) is 0 Å². The van der Waals surface area contributed by atoms with E-state index in [1.54, 1.807) is 0 Å². The van der Waals surface area contributed by atoms with Gasteiger partial charge in [0, 0.05) is 50.0 Å². The van der Waals surface area contributed by atoms with E-state index < -0.39 is 61.9 Å². The maximum absolute atomic E-state index is 10.7. The predicted molar refractivity (Wildman–Crippen MR) is 64.4 cm³/mol. The second kappa shape index (κ2) is 13.7. The zero-order valence-corrected chi connectivity index (χ0v) is 16.1. The van der Waals surface area contributed by atoms with E-state index in [4.69, 9.17) is 0 Å². The first-order chi connectivity index (χ1) is 9.17. The van der Waals surface area contributed by atoms with Crippen LogP contribution in [-0.2, 0) is 19.2 Å². The molecule has 0 aliphatic heterocycles.